The van der Waals surface area contributed by atoms with E-state index in [0.717, 1.165) is 38.5 Å². The zero-order valence-corrected chi connectivity index (χ0v) is 13.8. The summed E-state index contributed by atoms with van der Waals surface area (Å²) >= 11 is 0. The molecule has 2 rings (SSSR count). The van der Waals surface area contributed by atoms with Crippen LogP contribution in [-0.2, 0) is 23.8 Å². The molecular weight excluding hydrogens is 296 g/mol. The molecule has 0 aromatic heterocycles. The molecule has 0 amide bonds. The van der Waals surface area contributed by atoms with Gasteiger partial charge in [-0.05, 0) is 43.9 Å². The molecule has 0 N–H and O–H groups in total. The van der Waals surface area contributed by atoms with E-state index in [1.54, 1.807) is 0 Å². The zero-order chi connectivity index (χ0) is 16.7. The van der Waals surface area contributed by atoms with Crippen molar-refractivity contribution in [2.75, 3.05) is 20.3 Å². The summed E-state index contributed by atoms with van der Waals surface area (Å²) in [5.41, 5.74) is 0. The van der Waals surface area contributed by atoms with Crippen molar-refractivity contribution in [1.29, 1.82) is 0 Å². The van der Waals surface area contributed by atoms with Gasteiger partial charge in [0.1, 0.15) is 6.10 Å². The minimum absolute atomic E-state index is 0.00765. The summed E-state index contributed by atoms with van der Waals surface area (Å²) in [7, 11) is 1.36. The third-order valence-electron chi connectivity index (χ3n) is 4.76. The van der Waals surface area contributed by atoms with Gasteiger partial charge in [-0.1, -0.05) is 0 Å². The predicted molar refractivity (Wildman–Crippen MR) is 84.3 cm³/mol. The average Bonchev–Trinajstić information content (AvgIpc) is 3.30. The lowest BCUT2D eigenvalue weighted by Gasteiger charge is -2.27. The topological polar surface area (TPSA) is 61.8 Å². The van der Waals surface area contributed by atoms with Crippen molar-refractivity contribution in [2.24, 2.45) is 17.8 Å². The lowest BCUT2D eigenvalue weighted by atomic mass is 9.84. The molecular formula is C18H26O5. The molecule has 3 atom stereocenters. The van der Waals surface area contributed by atoms with Crippen LogP contribution in [-0.4, -0.2) is 38.4 Å². The third-order valence-corrected chi connectivity index (χ3v) is 4.76. The Labute approximate surface area is 138 Å². The van der Waals surface area contributed by atoms with Crippen molar-refractivity contribution in [2.45, 2.75) is 51.0 Å². The molecule has 1 saturated carbocycles. The van der Waals surface area contributed by atoms with Gasteiger partial charge >= 0.3 is 11.9 Å². The van der Waals surface area contributed by atoms with E-state index in [0.29, 0.717) is 19.1 Å². The molecule has 23 heavy (non-hydrogen) atoms. The predicted octanol–water partition coefficient (Wildman–Crippen LogP) is 2.33. The van der Waals surface area contributed by atoms with Gasteiger partial charge in [0.25, 0.3) is 0 Å². The molecule has 5 nitrogen and oxygen atoms in total. The molecule has 1 aliphatic heterocycles. The molecule has 128 valence electrons. The van der Waals surface area contributed by atoms with Crippen molar-refractivity contribution < 1.29 is 23.8 Å². The molecule has 0 unspecified atom stereocenters. The summed E-state index contributed by atoms with van der Waals surface area (Å²) in [5, 5.41) is 0. The number of terminal acetylenes is 1. The van der Waals surface area contributed by atoms with Crippen LogP contribution in [0.25, 0.3) is 0 Å². The fraction of sp³-hybridized carbons (Fsp3) is 0.778. The highest BCUT2D eigenvalue weighted by molar-refractivity contribution is 5.80. The van der Waals surface area contributed by atoms with Crippen LogP contribution in [0.3, 0.4) is 0 Å². The first kappa shape index (κ1) is 17.8. The minimum Gasteiger partial charge on any atom is -0.469 e. The molecule has 0 aromatic carbocycles. The van der Waals surface area contributed by atoms with E-state index >= 15 is 0 Å². The van der Waals surface area contributed by atoms with Gasteiger partial charge in [0, 0.05) is 19.6 Å². The van der Waals surface area contributed by atoms with Gasteiger partial charge in [-0.25, -0.2) is 0 Å². The average molecular weight is 322 g/mol. The zero-order valence-electron chi connectivity index (χ0n) is 13.8. The summed E-state index contributed by atoms with van der Waals surface area (Å²) in [6, 6.07) is 0. The minimum atomic E-state index is -0.421. The first-order valence-corrected chi connectivity index (χ1v) is 8.44. The standard InChI is InChI=1S/C18H26O5/c1-3-4-5-6-14-11-16(14)23-17(19)12-15(18(20)21-2)13-7-9-22-10-8-13/h1,13-16H,4-12H2,2H3/t14-,15+,16-/m1/s1. The highest BCUT2D eigenvalue weighted by atomic mass is 16.6. The van der Waals surface area contributed by atoms with Gasteiger partial charge < -0.3 is 14.2 Å². The second-order valence-electron chi connectivity index (χ2n) is 6.40. The van der Waals surface area contributed by atoms with Crippen molar-refractivity contribution >= 4 is 11.9 Å². The number of ether oxygens (including phenoxy) is 3. The number of methoxy groups -OCH3 is 1. The second kappa shape index (κ2) is 8.93. The smallest absolute Gasteiger partial charge is 0.309 e. The Morgan fingerprint density at radius 3 is 2.74 bits per heavy atom. The van der Waals surface area contributed by atoms with Crippen molar-refractivity contribution in [3.05, 3.63) is 0 Å². The number of esters is 2. The molecule has 1 saturated heterocycles. The van der Waals surface area contributed by atoms with E-state index in [4.69, 9.17) is 20.6 Å². The number of hydrogen-bond acceptors (Lipinski definition) is 5. The van der Waals surface area contributed by atoms with Gasteiger partial charge in [0.05, 0.1) is 19.4 Å². The van der Waals surface area contributed by atoms with Crippen LogP contribution >= 0.6 is 0 Å². The van der Waals surface area contributed by atoms with Crippen LogP contribution in [0.5, 0.6) is 0 Å². The quantitative estimate of drug-likeness (QED) is 0.390. The van der Waals surface area contributed by atoms with Crippen LogP contribution in [0.4, 0.5) is 0 Å². The highest BCUT2D eigenvalue weighted by Gasteiger charge is 2.41. The van der Waals surface area contributed by atoms with Gasteiger partial charge in [-0.2, -0.15) is 0 Å². The molecule has 2 aliphatic rings. The van der Waals surface area contributed by atoms with E-state index in [1.165, 1.54) is 7.11 Å². The molecule has 0 spiro atoms. The SMILES string of the molecule is C#CCCC[C@@H]1C[C@H]1OC(=O)C[C@H](C(=O)OC)C1CCOCC1. The first-order chi connectivity index (χ1) is 11.2. The fourth-order valence-electron chi connectivity index (χ4n) is 3.24. The van der Waals surface area contributed by atoms with Crippen LogP contribution in [0.15, 0.2) is 0 Å². The van der Waals surface area contributed by atoms with Gasteiger partial charge in [-0.3, -0.25) is 9.59 Å². The second-order valence-corrected chi connectivity index (χ2v) is 6.40. The lowest BCUT2D eigenvalue weighted by molar-refractivity contribution is -0.157. The molecule has 1 aliphatic carbocycles. The number of rotatable bonds is 8. The Morgan fingerprint density at radius 2 is 2.09 bits per heavy atom. The number of hydrogen-bond donors (Lipinski definition) is 0. The third kappa shape index (κ3) is 5.54. The number of carbonyl (C=O) groups is 2. The Balaban J connectivity index is 1.77. The Bertz CT molecular complexity index is 447. The van der Waals surface area contributed by atoms with E-state index in [2.05, 4.69) is 5.92 Å². The fourth-order valence-corrected chi connectivity index (χ4v) is 3.24. The Hall–Kier alpha value is -1.54. The summed E-state index contributed by atoms with van der Waals surface area (Å²) in [6.07, 6.45) is 10.6. The molecule has 0 radical (unpaired) electrons. The van der Waals surface area contributed by atoms with Crippen LogP contribution < -0.4 is 0 Å². The molecule has 1 heterocycles. The molecule has 0 aromatic rings. The summed E-state index contributed by atoms with van der Waals surface area (Å²) in [6.45, 7) is 1.26. The Morgan fingerprint density at radius 1 is 1.35 bits per heavy atom. The van der Waals surface area contributed by atoms with Crippen molar-refractivity contribution in [3.63, 3.8) is 0 Å². The molecule has 5 heteroatoms. The summed E-state index contributed by atoms with van der Waals surface area (Å²) in [4.78, 5) is 24.1. The summed E-state index contributed by atoms with van der Waals surface area (Å²) < 4.78 is 15.7. The van der Waals surface area contributed by atoms with Crippen LogP contribution in [0.2, 0.25) is 0 Å². The maximum Gasteiger partial charge on any atom is 0.309 e. The largest absolute Gasteiger partial charge is 0.469 e. The van der Waals surface area contributed by atoms with E-state index in [1.807, 2.05) is 0 Å². The normalized spacial score (nSPS) is 25.2. The van der Waals surface area contributed by atoms with Crippen molar-refractivity contribution in [3.8, 4) is 12.3 Å². The molecule has 0 bridgehead atoms. The van der Waals surface area contributed by atoms with Crippen LogP contribution in [0.1, 0.15) is 44.9 Å². The van der Waals surface area contributed by atoms with Gasteiger partial charge in [0.15, 0.2) is 0 Å². The van der Waals surface area contributed by atoms with E-state index in [-0.39, 0.29) is 30.4 Å². The number of unbranched alkanes of at least 4 members (excludes halogenated alkanes) is 1. The highest BCUT2D eigenvalue weighted by Crippen LogP contribution is 2.38. The monoisotopic (exact) mass is 322 g/mol. The lowest BCUT2D eigenvalue weighted by Crippen LogP contribution is -2.32. The molecule has 2 fully saturated rings. The number of carbonyl (C=O) groups excluding carboxylic acids is 2. The van der Waals surface area contributed by atoms with E-state index < -0.39 is 5.92 Å². The Kier molecular flexibility index (Phi) is 6.91. The van der Waals surface area contributed by atoms with Gasteiger partial charge in [-0.15, -0.1) is 12.3 Å². The van der Waals surface area contributed by atoms with Crippen molar-refractivity contribution in [1.82, 2.24) is 0 Å². The van der Waals surface area contributed by atoms with Crippen LogP contribution in [0, 0.1) is 30.1 Å². The maximum absolute atomic E-state index is 12.1. The maximum atomic E-state index is 12.1. The first-order valence-electron chi connectivity index (χ1n) is 8.44. The van der Waals surface area contributed by atoms with E-state index in [9.17, 15) is 9.59 Å². The van der Waals surface area contributed by atoms with Gasteiger partial charge in [0.2, 0.25) is 0 Å². The summed E-state index contributed by atoms with van der Waals surface area (Å²) in [5.74, 6) is 2.15.